The molecule has 9 heteroatoms. The van der Waals surface area contributed by atoms with Crippen molar-refractivity contribution in [3.63, 3.8) is 0 Å². The summed E-state index contributed by atoms with van der Waals surface area (Å²) in [5.74, 6) is 0.0250. The van der Waals surface area contributed by atoms with E-state index >= 15 is 0 Å². The minimum Gasteiger partial charge on any atom is -0.381 e. The lowest BCUT2D eigenvalue weighted by Crippen LogP contribution is -2.49. The van der Waals surface area contributed by atoms with Gasteiger partial charge in [-0.1, -0.05) is 13.8 Å². The van der Waals surface area contributed by atoms with Crippen molar-refractivity contribution in [2.24, 2.45) is 11.3 Å². The smallest absolute Gasteiger partial charge is 0.381 e. The van der Waals surface area contributed by atoms with Gasteiger partial charge in [-0.15, -0.1) is 0 Å². The standard InChI is InChI=1S/C23H31F3N2O3S/c1-15(2)22(8-5-19(12-22)27-18-6-9-31-10-7-18)21(29)28-13-16-11-17(23(24,25)26)3-4-20(16)32(30)14-28/h3-4,11,15,18-19,27H,5-10,12-14H2,1-2H3/t19-,22+,32?/m0/s1. The predicted octanol–water partition coefficient (Wildman–Crippen LogP) is 4.08. The fraction of sp³-hybridized carbons (Fsp3) is 0.696. The van der Waals surface area contributed by atoms with Gasteiger partial charge in [0.15, 0.2) is 0 Å². The molecule has 178 valence electrons. The molecule has 1 aromatic carbocycles. The number of halogens is 3. The lowest BCUT2D eigenvalue weighted by atomic mass is 9.74. The number of amides is 1. The fourth-order valence-electron chi connectivity index (χ4n) is 5.39. The molecule has 1 saturated heterocycles. The molecule has 0 radical (unpaired) electrons. The van der Waals surface area contributed by atoms with Crippen molar-refractivity contribution in [3.8, 4) is 0 Å². The molecule has 1 N–H and O–H groups in total. The van der Waals surface area contributed by atoms with Crippen molar-refractivity contribution in [2.75, 3.05) is 19.1 Å². The summed E-state index contributed by atoms with van der Waals surface area (Å²) in [6, 6.07) is 3.91. The van der Waals surface area contributed by atoms with Crippen LogP contribution in [-0.4, -0.2) is 46.2 Å². The highest BCUT2D eigenvalue weighted by Crippen LogP contribution is 2.47. The quantitative estimate of drug-likeness (QED) is 0.718. The molecular formula is C23H31F3N2O3S. The molecule has 1 aliphatic carbocycles. The lowest BCUT2D eigenvalue weighted by molar-refractivity contribution is -0.144. The molecule has 32 heavy (non-hydrogen) atoms. The largest absolute Gasteiger partial charge is 0.416 e. The maximum absolute atomic E-state index is 13.8. The third kappa shape index (κ3) is 4.61. The number of hydrogen-bond donors (Lipinski definition) is 1. The molecule has 3 atom stereocenters. The molecule has 1 aromatic rings. The number of ether oxygens (including phenoxy) is 1. The van der Waals surface area contributed by atoms with Crippen molar-refractivity contribution in [1.29, 1.82) is 0 Å². The molecule has 2 heterocycles. The van der Waals surface area contributed by atoms with Crippen LogP contribution in [0.15, 0.2) is 23.1 Å². The van der Waals surface area contributed by atoms with Crippen molar-refractivity contribution in [2.45, 2.75) is 75.7 Å². The number of nitrogens with zero attached hydrogens (tertiary/aromatic N) is 1. The highest BCUT2D eigenvalue weighted by atomic mass is 32.2. The highest BCUT2D eigenvalue weighted by Gasteiger charge is 2.50. The lowest BCUT2D eigenvalue weighted by Gasteiger charge is -2.39. The van der Waals surface area contributed by atoms with Gasteiger partial charge in [-0.05, 0) is 61.8 Å². The number of fused-ring (bicyclic) bond motifs is 1. The van der Waals surface area contributed by atoms with Crippen LogP contribution >= 0.6 is 0 Å². The first-order chi connectivity index (χ1) is 15.1. The number of carbonyl (C=O) groups excluding carboxylic acids is 1. The summed E-state index contributed by atoms with van der Waals surface area (Å²) in [4.78, 5) is 15.7. The average molecular weight is 473 g/mol. The molecule has 2 fully saturated rings. The zero-order valence-corrected chi connectivity index (χ0v) is 19.4. The van der Waals surface area contributed by atoms with Crippen LogP contribution < -0.4 is 5.32 Å². The van der Waals surface area contributed by atoms with E-state index in [9.17, 15) is 22.2 Å². The van der Waals surface area contributed by atoms with E-state index in [-0.39, 0.29) is 30.3 Å². The number of rotatable bonds is 4. The Kier molecular flexibility index (Phi) is 6.71. The van der Waals surface area contributed by atoms with Gasteiger partial charge in [0.2, 0.25) is 5.91 Å². The van der Waals surface area contributed by atoms with E-state index in [0.29, 0.717) is 22.9 Å². The van der Waals surface area contributed by atoms with Crippen molar-refractivity contribution in [3.05, 3.63) is 29.3 Å². The Balaban J connectivity index is 1.52. The van der Waals surface area contributed by atoms with Gasteiger partial charge < -0.3 is 15.0 Å². The maximum Gasteiger partial charge on any atom is 0.416 e. The summed E-state index contributed by atoms with van der Waals surface area (Å²) in [7, 11) is -1.54. The Bertz CT molecular complexity index is 886. The Labute approximate surface area is 189 Å². The van der Waals surface area contributed by atoms with E-state index in [0.717, 1.165) is 51.0 Å². The van der Waals surface area contributed by atoms with Gasteiger partial charge in [-0.2, -0.15) is 13.2 Å². The van der Waals surface area contributed by atoms with Gasteiger partial charge >= 0.3 is 6.18 Å². The molecule has 1 unspecified atom stereocenters. The molecule has 4 rings (SSSR count). The molecular weight excluding hydrogens is 441 g/mol. The monoisotopic (exact) mass is 472 g/mol. The van der Waals surface area contributed by atoms with Crippen LogP contribution in [0.4, 0.5) is 13.2 Å². The summed E-state index contributed by atoms with van der Waals surface area (Å²) in [5.41, 5.74) is -1.04. The first-order valence-corrected chi connectivity index (χ1v) is 12.6. The normalized spacial score (nSPS) is 29.4. The number of alkyl halides is 3. The number of hydrogen-bond acceptors (Lipinski definition) is 4. The Morgan fingerprint density at radius 3 is 2.59 bits per heavy atom. The average Bonchev–Trinajstić information content (AvgIpc) is 3.18. The van der Waals surface area contributed by atoms with E-state index < -0.39 is 28.0 Å². The van der Waals surface area contributed by atoms with Crippen LogP contribution in [0.5, 0.6) is 0 Å². The molecule has 1 saturated carbocycles. The SMILES string of the molecule is CC(C)[C@@]1(C(=O)N2Cc3cc(C(F)(F)F)ccc3S(=O)C2)CC[C@H](NC2CCOCC2)C1. The van der Waals surface area contributed by atoms with E-state index in [1.807, 2.05) is 13.8 Å². The second-order valence-electron chi connectivity index (χ2n) is 9.60. The molecule has 1 amide bonds. The molecule has 3 aliphatic rings. The molecule has 0 bridgehead atoms. The van der Waals surface area contributed by atoms with Crippen LogP contribution in [0.25, 0.3) is 0 Å². The third-order valence-electron chi connectivity index (χ3n) is 7.33. The Hall–Kier alpha value is -1.45. The van der Waals surface area contributed by atoms with Crippen molar-refractivity contribution < 1.29 is 26.9 Å². The summed E-state index contributed by atoms with van der Waals surface area (Å²) in [5, 5.41) is 3.70. The first-order valence-electron chi connectivity index (χ1n) is 11.3. The topological polar surface area (TPSA) is 58.6 Å². The van der Waals surface area contributed by atoms with Gasteiger partial charge in [0.1, 0.15) is 5.88 Å². The van der Waals surface area contributed by atoms with Gasteiger partial charge in [-0.25, -0.2) is 0 Å². The minimum atomic E-state index is -4.48. The Morgan fingerprint density at radius 2 is 1.94 bits per heavy atom. The van der Waals surface area contributed by atoms with Crippen molar-refractivity contribution in [1.82, 2.24) is 10.2 Å². The van der Waals surface area contributed by atoms with Crippen LogP contribution in [0.3, 0.4) is 0 Å². The van der Waals surface area contributed by atoms with Gasteiger partial charge in [0, 0.05) is 36.7 Å². The summed E-state index contributed by atoms with van der Waals surface area (Å²) in [6.45, 7) is 5.63. The maximum atomic E-state index is 13.8. The zero-order valence-electron chi connectivity index (χ0n) is 18.5. The third-order valence-corrected chi connectivity index (χ3v) is 8.76. The summed E-state index contributed by atoms with van der Waals surface area (Å²) >= 11 is 0. The molecule has 0 spiro atoms. The van der Waals surface area contributed by atoms with Crippen molar-refractivity contribution >= 4 is 16.7 Å². The van der Waals surface area contributed by atoms with E-state index in [1.54, 1.807) is 0 Å². The summed E-state index contributed by atoms with van der Waals surface area (Å²) in [6.07, 6.45) is -0.253. The second kappa shape index (κ2) is 9.06. The number of benzene rings is 1. The van der Waals surface area contributed by atoms with Crippen LogP contribution in [-0.2, 0) is 33.1 Å². The van der Waals surface area contributed by atoms with E-state index in [2.05, 4.69) is 5.32 Å². The second-order valence-corrected chi connectivity index (χ2v) is 11.0. The van der Waals surface area contributed by atoms with Crippen LogP contribution in [0, 0.1) is 11.3 Å². The van der Waals surface area contributed by atoms with Crippen LogP contribution in [0.2, 0.25) is 0 Å². The number of nitrogens with one attached hydrogen (secondary N) is 1. The highest BCUT2D eigenvalue weighted by molar-refractivity contribution is 7.85. The molecule has 0 aromatic heterocycles. The number of carbonyl (C=O) groups is 1. The van der Waals surface area contributed by atoms with Gasteiger partial charge in [-0.3, -0.25) is 9.00 Å². The predicted molar refractivity (Wildman–Crippen MR) is 115 cm³/mol. The van der Waals surface area contributed by atoms with Crippen LogP contribution in [0.1, 0.15) is 57.1 Å². The zero-order chi connectivity index (χ0) is 23.1. The molecule has 5 nitrogen and oxygen atoms in total. The van der Waals surface area contributed by atoms with E-state index in [4.69, 9.17) is 4.74 Å². The summed E-state index contributed by atoms with van der Waals surface area (Å²) < 4.78 is 57.8. The first kappa shape index (κ1) is 23.7. The van der Waals surface area contributed by atoms with E-state index in [1.165, 1.54) is 11.0 Å². The molecule has 2 aliphatic heterocycles. The van der Waals surface area contributed by atoms with Gasteiger partial charge in [0.25, 0.3) is 0 Å². The fourth-order valence-corrected chi connectivity index (χ4v) is 6.66. The Morgan fingerprint density at radius 1 is 1.22 bits per heavy atom. The van der Waals surface area contributed by atoms with Gasteiger partial charge in [0.05, 0.1) is 21.8 Å². The minimum absolute atomic E-state index is 0.0315.